The molecule has 1 aromatic carbocycles. The molecule has 2 aliphatic rings. The number of aromatic nitrogens is 3. The summed E-state index contributed by atoms with van der Waals surface area (Å²) in [5.74, 6) is 1.04. The standard InChI is InChI=1S/C19H24N4O2/c1-2-22-14-20-21-17(22)16-13-23(11-12-25-16)18(24)19(9-6-10-19)15-7-4-3-5-8-15/h3-5,7-8,14,16H,2,6,9-13H2,1H3. The lowest BCUT2D eigenvalue weighted by atomic mass is 9.63. The number of hydrogen-bond donors (Lipinski definition) is 0. The molecule has 2 fully saturated rings. The zero-order valence-electron chi connectivity index (χ0n) is 14.6. The summed E-state index contributed by atoms with van der Waals surface area (Å²) in [6, 6.07) is 10.2. The van der Waals surface area contributed by atoms with Gasteiger partial charge in [0.15, 0.2) is 5.82 Å². The summed E-state index contributed by atoms with van der Waals surface area (Å²) in [6.45, 7) is 4.58. The van der Waals surface area contributed by atoms with Crippen LogP contribution in [0.2, 0.25) is 0 Å². The van der Waals surface area contributed by atoms with Crippen molar-refractivity contribution in [1.29, 1.82) is 0 Å². The van der Waals surface area contributed by atoms with E-state index in [9.17, 15) is 4.79 Å². The maximum atomic E-state index is 13.4. The summed E-state index contributed by atoms with van der Waals surface area (Å²) >= 11 is 0. The third-order valence-electron chi connectivity index (χ3n) is 5.57. The maximum Gasteiger partial charge on any atom is 0.233 e. The van der Waals surface area contributed by atoms with E-state index in [0.717, 1.165) is 37.2 Å². The van der Waals surface area contributed by atoms with Gasteiger partial charge in [0.05, 0.1) is 18.6 Å². The van der Waals surface area contributed by atoms with E-state index < -0.39 is 0 Å². The van der Waals surface area contributed by atoms with E-state index in [1.165, 1.54) is 0 Å². The predicted molar refractivity (Wildman–Crippen MR) is 92.9 cm³/mol. The minimum atomic E-state index is -0.346. The molecule has 25 heavy (non-hydrogen) atoms. The van der Waals surface area contributed by atoms with Gasteiger partial charge in [-0.25, -0.2) is 0 Å². The molecule has 0 N–H and O–H groups in total. The van der Waals surface area contributed by atoms with E-state index in [1.54, 1.807) is 6.33 Å². The summed E-state index contributed by atoms with van der Waals surface area (Å²) in [6.07, 6.45) is 4.49. The Morgan fingerprint density at radius 1 is 1.32 bits per heavy atom. The largest absolute Gasteiger partial charge is 0.366 e. The lowest BCUT2D eigenvalue weighted by Crippen LogP contribution is -2.54. The molecule has 1 unspecified atom stereocenters. The maximum absolute atomic E-state index is 13.4. The molecule has 6 heteroatoms. The van der Waals surface area contributed by atoms with Crippen LogP contribution in [0, 0.1) is 0 Å². The van der Waals surface area contributed by atoms with Gasteiger partial charge in [0.25, 0.3) is 0 Å². The van der Waals surface area contributed by atoms with Crippen LogP contribution >= 0.6 is 0 Å². The van der Waals surface area contributed by atoms with Crippen LogP contribution in [0.4, 0.5) is 0 Å². The van der Waals surface area contributed by atoms with Gasteiger partial charge >= 0.3 is 0 Å². The fourth-order valence-corrected chi connectivity index (χ4v) is 3.96. The molecule has 1 aliphatic heterocycles. The molecule has 0 spiro atoms. The topological polar surface area (TPSA) is 60.2 Å². The molecule has 1 saturated carbocycles. The number of aryl methyl sites for hydroxylation is 1. The monoisotopic (exact) mass is 340 g/mol. The highest BCUT2D eigenvalue weighted by Crippen LogP contribution is 2.45. The Labute approximate surface area is 147 Å². The van der Waals surface area contributed by atoms with Crippen LogP contribution in [0.25, 0.3) is 0 Å². The van der Waals surface area contributed by atoms with Gasteiger partial charge in [-0.3, -0.25) is 4.79 Å². The lowest BCUT2D eigenvalue weighted by Gasteiger charge is -2.45. The number of amides is 1. The predicted octanol–water partition coefficient (Wildman–Crippen LogP) is 2.32. The molecule has 132 valence electrons. The third-order valence-corrected chi connectivity index (χ3v) is 5.57. The number of hydrogen-bond acceptors (Lipinski definition) is 4. The third kappa shape index (κ3) is 2.74. The highest BCUT2D eigenvalue weighted by molar-refractivity contribution is 5.89. The van der Waals surface area contributed by atoms with Crippen molar-refractivity contribution in [2.45, 2.75) is 44.2 Å². The number of benzene rings is 1. The minimum Gasteiger partial charge on any atom is -0.366 e. The Morgan fingerprint density at radius 3 is 2.80 bits per heavy atom. The number of ether oxygens (including phenoxy) is 1. The molecule has 6 nitrogen and oxygen atoms in total. The van der Waals surface area contributed by atoms with Gasteiger partial charge in [0.2, 0.25) is 5.91 Å². The normalized spacial score (nSPS) is 22.4. The molecule has 2 heterocycles. The second-order valence-electron chi connectivity index (χ2n) is 6.89. The summed E-state index contributed by atoms with van der Waals surface area (Å²) < 4.78 is 7.88. The average molecular weight is 340 g/mol. The van der Waals surface area contributed by atoms with Crippen molar-refractivity contribution in [3.63, 3.8) is 0 Å². The molecule has 1 aliphatic carbocycles. The first kappa shape index (κ1) is 16.3. The molecule has 1 aromatic heterocycles. The van der Waals surface area contributed by atoms with Gasteiger partial charge in [-0.15, -0.1) is 10.2 Å². The zero-order chi connectivity index (χ0) is 17.3. The summed E-state index contributed by atoms with van der Waals surface area (Å²) in [4.78, 5) is 15.4. The SMILES string of the molecule is CCn1cnnc1C1CN(C(=O)C2(c3ccccc3)CCC2)CCO1. The second kappa shape index (κ2) is 6.59. The van der Waals surface area contributed by atoms with Crippen molar-refractivity contribution in [3.05, 3.63) is 48.0 Å². The zero-order valence-corrected chi connectivity index (χ0v) is 14.6. The first-order chi connectivity index (χ1) is 12.2. The first-order valence-electron chi connectivity index (χ1n) is 9.09. The summed E-state index contributed by atoms with van der Waals surface area (Å²) in [5.41, 5.74) is 0.799. The van der Waals surface area contributed by atoms with E-state index in [-0.39, 0.29) is 17.4 Å². The van der Waals surface area contributed by atoms with E-state index in [1.807, 2.05) is 27.7 Å². The Kier molecular flexibility index (Phi) is 4.29. The van der Waals surface area contributed by atoms with Crippen LogP contribution in [0.1, 0.15) is 43.7 Å². The highest BCUT2D eigenvalue weighted by atomic mass is 16.5. The first-order valence-corrected chi connectivity index (χ1v) is 9.09. The lowest BCUT2D eigenvalue weighted by molar-refractivity contribution is -0.149. The number of nitrogens with zero attached hydrogens (tertiary/aromatic N) is 4. The van der Waals surface area contributed by atoms with Crippen molar-refractivity contribution in [3.8, 4) is 0 Å². The summed E-state index contributed by atoms with van der Waals surface area (Å²) in [7, 11) is 0. The average Bonchev–Trinajstić information content (AvgIpc) is 3.10. The number of carbonyl (C=O) groups is 1. The van der Waals surface area contributed by atoms with Crippen molar-refractivity contribution in [2.75, 3.05) is 19.7 Å². The van der Waals surface area contributed by atoms with Crippen LogP contribution in [-0.2, 0) is 21.5 Å². The van der Waals surface area contributed by atoms with Crippen LogP contribution in [0.15, 0.2) is 36.7 Å². The van der Waals surface area contributed by atoms with Gasteiger partial charge < -0.3 is 14.2 Å². The Bertz CT molecular complexity index is 739. The second-order valence-corrected chi connectivity index (χ2v) is 6.89. The quantitative estimate of drug-likeness (QED) is 0.857. The number of rotatable bonds is 4. The van der Waals surface area contributed by atoms with E-state index in [4.69, 9.17) is 4.74 Å². The van der Waals surface area contributed by atoms with E-state index >= 15 is 0 Å². The van der Waals surface area contributed by atoms with Crippen LogP contribution in [0.3, 0.4) is 0 Å². The number of morpholine rings is 1. The van der Waals surface area contributed by atoms with Gasteiger partial charge in [0, 0.05) is 13.1 Å². The Hall–Kier alpha value is -2.21. The molecule has 0 radical (unpaired) electrons. The molecule has 1 atom stereocenters. The Morgan fingerprint density at radius 2 is 2.12 bits per heavy atom. The van der Waals surface area contributed by atoms with Crippen molar-refractivity contribution in [1.82, 2.24) is 19.7 Å². The smallest absolute Gasteiger partial charge is 0.233 e. The van der Waals surface area contributed by atoms with Crippen LogP contribution in [0.5, 0.6) is 0 Å². The van der Waals surface area contributed by atoms with Gasteiger partial charge in [0.1, 0.15) is 12.4 Å². The van der Waals surface area contributed by atoms with Gasteiger partial charge in [-0.2, -0.15) is 0 Å². The number of carbonyl (C=O) groups excluding carboxylic acids is 1. The minimum absolute atomic E-state index is 0.201. The Balaban J connectivity index is 1.56. The van der Waals surface area contributed by atoms with Crippen LogP contribution < -0.4 is 0 Å². The summed E-state index contributed by atoms with van der Waals surface area (Å²) in [5, 5.41) is 8.20. The van der Waals surface area contributed by atoms with E-state index in [2.05, 4.69) is 29.3 Å². The van der Waals surface area contributed by atoms with Crippen molar-refractivity contribution in [2.24, 2.45) is 0 Å². The molecular formula is C19H24N4O2. The highest BCUT2D eigenvalue weighted by Gasteiger charge is 2.48. The molecule has 4 rings (SSSR count). The van der Waals surface area contributed by atoms with Gasteiger partial charge in [-0.1, -0.05) is 36.8 Å². The van der Waals surface area contributed by atoms with Crippen LogP contribution in [-0.4, -0.2) is 45.3 Å². The van der Waals surface area contributed by atoms with Gasteiger partial charge in [-0.05, 0) is 25.3 Å². The fourth-order valence-electron chi connectivity index (χ4n) is 3.96. The molecule has 2 aromatic rings. The molecule has 1 amide bonds. The molecule has 0 bridgehead atoms. The molecular weight excluding hydrogens is 316 g/mol. The van der Waals surface area contributed by atoms with E-state index in [0.29, 0.717) is 19.7 Å². The molecule has 1 saturated heterocycles. The van der Waals surface area contributed by atoms with Crippen molar-refractivity contribution >= 4 is 5.91 Å². The van der Waals surface area contributed by atoms with Crippen molar-refractivity contribution < 1.29 is 9.53 Å². The fraction of sp³-hybridized carbons (Fsp3) is 0.526.